The van der Waals surface area contributed by atoms with Gasteiger partial charge in [-0.2, -0.15) is 13.3 Å². The first kappa shape index (κ1) is 16.8. The zero-order valence-corrected chi connectivity index (χ0v) is 14.4. The van der Waals surface area contributed by atoms with Crippen molar-refractivity contribution < 1.29 is 18.1 Å². The van der Waals surface area contributed by atoms with Gasteiger partial charge in [0.05, 0.1) is 6.54 Å². The highest BCUT2D eigenvalue weighted by Gasteiger charge is 2.27. The van der Waals surface area contributed by atoms with Crippen LogP contribution in [-0.2, 0) is 13.0 Å². The van der Waals surface area contributed by atoms with E-state index in [0.29, 0.717) is 0 Å². The van der Waals surface area contributed by atoms with E-state index in [2.05, 4.69) is 32.2 Å². The Morgan fingerprint density at radius 2 is 1.69 bits per heavy atom. The minimum atomic E-state index is -2.81. The summed E-state index contributed by atoms with van der Waals surface area (Å²) in [6.07, 6.45) is 6.77. The summed E-state index contributed by atoms with van der Waals surface area (Å²) in [5, 5.41) is 0. The maximum atomic E-state index is 12.4. The van der Waals surface area contributed by atoms with Crippen LogP contribution in [0, 0.1) is 0 Å². The van der Waals surface area contributed by atoms with Crippen LogP contribution in [0.15, 0.2) is 60.8 Å². The summed E-state index contributed by atoms with van der Waals surface area (Å²) in [4.78, 5) is 0. The van der Waals surface area contributed by atoms with Crippen molar-refractivity contribution in [3.63, 3.8) is 0 Å². The topological polar surface area (TPSA) is 18.0 Å². The Morgan fingerprint density at radius 3 is 2.42 bits per heavy atom. The molecule has 0 radical (unpaired) electrons. The van der Waals surface area contributed by atoms with E-state index in [1.165, 1.54) is 18.7 Å². The number of aromatic nitrogens is 2. The second-order valence-corrected chi connectivity index (χ2v) is 6.51. The van der Waals surface area contributed by atoms with Crippen LogP contribution in [-0.4, -0.2) is 11.2 Å². The second kappa shape index (κ2) is 7.28. The third-order valence-electron chi connectivity index (χ3n) is 4.80. The number of nitrogens with zero attached hydrogens (tertiary/aromatic N) is 2. The summed E-state index contributed by atoms with van der Waals surface area (Å²) in [7, 11) is 0. The predicted molar refractivity (Wildman–Crippen MR) is 95.6 cm³/mol. The van der Waals surface area contributed by atoms with Crippen LogP contribution in [0.1, 0.15) is 25.1 Å². The van der Waals surface area contributed by atoms with E-state index in [1.807, 2.05) is 30.3 Å². The van der Waals surface area contributed by atoms with Gasteiger partial charge in [-0.05, 0) is 43.5 Å². The molecule has 0 saturated heterocycles. The lowest BCUT2D eigenvalue weighted by molar-refractivity contribution is -0.702. The first-order chi connectivity index (χ1) is 12.7. The Hall–Kier alpha value is -2.69. The molecule has 1 aromatic heterocycles. The molecule has 26 heavy (non-hydrogen) atoms. The lowest BCUT2D eigenvalue weighted by atomic mass is 10.1. The van der Waals surface area contributed by atoms with Crippen LogP contribution in [0.25, 0.3) is 16.9 Å². The van der Waals surface area contributed by atoms with Gasteiger partial charge in [0.25, 0.3) is 5.82 Å². The third kappa shape index (κ3) is 3.34. The average molecular weight is 355 g/mol. The van der Waals surface area contributed by atoms with E-state index in [4.69, 9.17) is 0 Å². The molecule has 0 saturated carbocycles. The van der Waals surface area contributed by atoms with Crippen LogP contribution >= 0.6 is 0 Å². The van der Waals surface area contributed by atoms with Gasteiger partial charge >= 0.3 is 6.61 Å². The second-order valence-electron chi connectivity index (χ2n) is 6.51. The number of aryl methyl sites for hydroxylation is 1. The number of ether oxygens (including phenoxy) is 1. The van der Waals surface area contributed by atoms with Crippen molar-refractivity contribution in [2.24, 2.45) is 0 Å². The highest BCUT2D eigenvalue weighted by molar-refractivity contribution is 5.61. The van der Waals surface area contributed by atoms with E-state index in [0.717, 1.165) is 36.3 Å². The standard InChI is InChI=1S/C21H21F2N2O/c22-21(23)26-18-12-10-17(11-13-18)25-19(16-7-3-1-4-8-16)15-24-14-6-2-5-9-20(24)25/h1,3-4,7-8,10-13,15,21H,2,5-6,9,14H2/q+1. The number of benzene rings is 2. The molecule has 3 aromatic rings. The molecule has 1 aliphatic heterocycles. The number of hydrogen-bond donors (Lipinski definition) is 0. The molecule has 4 rings (SSSR count). The Morgan fingerprint density at radius 1 is 0.923 bits per heavy atom. The Kier molecular flexibility index (Phi) is 4.69. The maximum absolute atomic E-state index is 12.4. The molecule has 0 N–H and O–H groups in total. The fraction of sp³-hybridized carbons (Fsp3) is 0.286. The Bertz CT molecular complexity index is 873. The predicted octanol–water partition coefficient (Wildman–Crippen LogP) is 4.76. The highest BCUT2D eigenvalue weighted by Crippen LogP contribution is 2.27. The van der Waals surface area contributed by atoms with E-state index in [9.17, 15) is 8.78 Å². The SMILES string of the molecule is FC(F)Oc1ccc(-n2c(-c3ccccc3)c[n+]3c2CCCCC3)cc1. The fourth-order valence-corrected chi connectivity index (χ4v) is 3.62. The molecule has 0 bridgehead atoms. The van der Waals surface area contributed by atoms with Crippen LogP contribution in [0.5, 0.6) is 5.75 Å². The molecule has 134 valence electrons. The van der Waals surface area contributed by atoms with Gasteiger partial charge in [-0.1, -0.05) is 30.3 Å². The molecular weight excluding hydrogens is 334 g/mol. The summed E-state index contributed by atoms with van der Waals surface area (Å²) < 4.78 is 33.9. The van der Waals surface area contributed by atoms with Crippen LogP contribution in [0.3, 0.4) is 0 Å². The molecule has 5 heteroatoms. The summed E-state index contributed by atoms with van der Waals surface area (Å²) in [6.45, 7) is -1.80. The molecule has 0 spiro atoms. The van der Waals surface area contributed by atoms with Gasteiger partial charge in [0.2, 0.25) is 0 Å². The van der Waals surface area contributed by atoms with Gasteiger partial charge in [-0.15, -0.1) is 0 Å². The molecule has 3 nitrogen and oxygen atoms in total. The summed E-state index contributed by atoms with van der Waals surface area (Å²) in [6, 6.07) is 17.1. The molecule has 0 amide bonds. The zero-order valence-electron chi connectivity index (χ0n) is 14.4. The minimum Gasteiger partial charge on any atom is -0.435 e. The van der Waals surface area contributed by atoms with E-state index in [-0.39, 0.29) is 5.75 Å². The maximum Gasteiger partial charge on any atom is 0.387 e. The van der Waals surface area contributed by atoms with E-state index in [1.54, 1.807) is 12.1 Å². The van der Waals surface area contributed by atoms with E-state index >= 15 is 0 Å². The van der Waals surface area contributed by atoms with Crippen molar-refractivity contribution in [1.82, 2.24) is 4.57 Å². The van der Waals surface area contributed by atoms with Gasteiger partial charge < -0.3 is 4.74 Å². The van der Waals surface area contributed by atoms with Crippen molar-refractivity contribution in [2.45, 2.75) is 38.8 Å². The molecular formula is C21H21F2N2O+. The third-order valence-corrected chi connectivity index (χ3v) is 4.80. The largest absolute Gasteiger partial charge is 0.435 e. The first-order valence-electron chi connectivity index (χ1n) is 8.97. The van der Waals surface area contributed by atoms with Crippen molar-refractivity contribution in [2.75, 3.05) is 0 Å². The quantitative estimate of drug-likeness (QED) is 0.617. The van der Waals surface area contributed by atoms with Crippen molar-refractivity contribution in [3.8, 4) is 22.7 Å². The van der Waals surface area contributed by atoms with Crippen molar-refractivity contribution in [3.05, 3.63) is 66.6 Å². The fourth-order valence-electron chi connectivity index (χ4n) is 3.62. The molecule has 2 aromatic carbocycles. The molecule has 0 unspecified atom stereocenters. The number of fused-ring (bicyclic) bond motifs is 1. The molecule has 2 heterocycles. The molecule has 0 atom stereocenters. The van der Waals surface area contributed by atoms with E-state index < -0.39 is 6.61 Å². The monoisotopic (exact) mass is 355 g/mol. The van der Waals surface area contributed by atoms with Crippen LogP contribution in [0.2, 0.25) is 0 Å². The van der Waals surface area contributed by atoms with Crippen LogP contribution in [0.4, 0.5) is 8.78 Å². The summed E-state index contributed by atoms with van der Waals surface area (Å²) in [5.41, 5.74) is 3.21. The summed E-state index contributed by atoms with van der Waals surface area (Å²) in [5.74, 6) is 1.43. The van der Waals surface area contributed by atoms with Crippen molar-refractivity contribution in [1.29, 1.82) is 0 Å². The van der Waals surface area contributed by atoms with Gasteiger partial charge in [0.15, 0.2) is 5.69 Å². The van der Waals surface area contributed by atoms with Gasteiger partial charge in [0.1, 0.15) is 17.6 Å². The summed E-state index contributed by atoms with van der Waals surface area (Å²) >= 11 is 0. The number of halogens is 2. The van der Waals surface area contributed by atoms with Gasteiger partial charge in [-0.3, -0.25) is 0 Å². The first-order valence-corrected chi connectivity index (χ1v) is 8.97. The number of rotatable bonds is 4. The molecule has 0 fully saturated rings. The highest BCUT2D eigenvalue weighted by atomic mass is 19.3. The number of imidazole rings is 1. The average Bonchev–Trinajstić information content (AvgIpc) is 2.85. The lowest BCUT2D eigenvalue weighted by Crippen LogP contribution is -2.35. The van der Waals surface area contributed by atoms with Crippen LogP contribution < -0.4 is 9.30 Å². The molecule has 1 aliphatic rings. The number of alkyl halides is 2. The lowest BCUT2D eigenvalue weighted by Gasteiger charge is -2.07. The number of hydrogen-bond acceptors (Lipinski definition) is 1. The Balaban J connectivity index is 1.82. The van der Waals surface area contributed by atoms with Gasteiger partial charge in [0, 0.05) is 12.0 Å². The zero-order chi connectivity index (χ0) is 17.9. The smallest absolute Gasteiger partial charge is 0.387 e. The Labute approximate surface area is 151 Å². The van der Waals surface area contributed by atoms with Crippen molar-refractivity contribution >= 4 is 0 Å². The van der Waals surface area contributed by atoms with Gasteiger partial charge in [-0.25, -0.2) is 4.57 Å². The molecule has 0 aliphatic carbocycles. The normalized spacial score (nSPS) is 14.1. The minimum absolute atomic E-state index is 0.177.